The van der Waals surface area contributed by atoms with Gasteiger partial charge in [0.1, 0.15) is 5.82 Å². The number of nitrogens with one attached hydrogen (secondary N) is 1. The number of imidazole rings is 1. The molecule has 108 valence electrons. The number of hydrogen-bond acceptors (Lipinski definition) is 1. The number of aromatic amines is 1. The fourth-order valence-electron chi connectivity index (χ4n) is 2.02. The fraction of sp³-hybridized carbons (Fsp3) is 0.0714. The van der Waals surface area contributed by atoms with Crippen molar-refractivity contribution in [2.75, 3.05) is 0 Å². The number of benzene rings is 2. The fourth-order valence-corrected chi connectivity index (χ4v) is 2.46. The van der Waals surface area contributed by atoms with Gasteiger partial charge in [0, 0.05) is 5.56 Å². The van der Waals surface area contributed by atoms with Crippen LogP contribution in [0.4, 0.5) is 13.2 Å². The second-order valence-electron chi connectivity index (χ2n) is 4.42. The summed E-state index contributed by atoms with van der Waals surface area (Å²) < 4.78 is 38.9. The van der Waals surface area contributed by atoms with Crippen LogP contribution in [0.15, 0.2) is 36.4 Å². The second kappa shape index (κ2) is 4.93. The van der Waals surface area contributed by atoms with E-state index in [0.717, 1.165) is 11.6 Å². The van der Waals surface area contributed by atoms with Crippen LogP contribution < -0.4 is 0 Å². The summed E-state index contributed by atoms with van der Waals surface area (Å²) in [6.45, 7) is 0. The van der Waals surface area contributed by atoms with Crippen molar-refractivity contribution in [1.82, 2.24) is 9.97 Å². The summed E-state index contributed by atoms with van der Waals surface area (Å²) >= 11 is 11.4. The van der Waals surface area contributed by atoms with Crippen molar-refractivity contribution in [2.45, 2.75) is 6.18 Å². The topological polar surface area (TPSA) is 28.7 Å². The molecule has 0 fully saturated rings. The Labute approximate surface area is 127 Å². The van der Waals surface area contributed by atoms with E-state index >= 15 is 0 Å². The number of alkyl halides is 3. The van der Waals surface area contributed by atoms with Gasteiger partial charge in [-0.3, -0.25) is 0 Å². The largest absolute Gasteiger partial charge is 0.417 e. The zero-order valence-corrected chi connectivity index (χ0v) is 11.8. The van der Waals surface area contributed by atoms with Gasteiger partial charge in [0.05, 0.1) is 26.6 Å². The van der Waals surface area contributed by atoms with Gasteiger partial charge in [0.25, 0.3) is 0 Å². The molecule has 0 amide bonds. The number of rotatable bonds is 1. The third kappa shape index (κ3) is 2.59. The molecule has 1 heterocycles. The molecule has 0 aliphatic rings. The highest BCUT2D eigenvalue weighted by molar-refractivity contribution is 6.42. The lowest BCUT2D eigenvalue weighted by atomic mass is 10.1. The van der Waals surface area contributed by atoms with Crippen molar-refractivity contribution in [3.05, 3.63) is 52.0 Å². The van der Waals surface area contributed by atoms with E-state index in [1.807, 2.05) is 0 Å². The molecule has 0 radical (unpaired) electrons. The van der Waals surface area contributed by atoms with Crippen LogP contribution in [0.3, 0.4) is 0 Å². The van der Waals surface area contributed by atoms with Crippen LogP contribution >= 0.6 is 23.2 Å². The minimum absolute atomic E-state index is 0.165. The Morgan fingerprint density at radius 2 is 1.76 bits per heavy atom. The van der Waals surface area contributed by atoms with Gasteiger partial charge in [0.2, 0.25) is 0 Å². The summed E-state index contributed by atoms with van der Waals surface area (Å²) in [5, 5.41) is -0.675. The quantitative estimate of drug-likeness (QED) is 0.622. The Bertz CT molecular complexity index is 792. The van der Waals surface area contributed by atoms with E-state index in [-0.39, 0.29) is 10.6 Å². The average Bonchev–Trinajstić information content (AvgIpc) is 2.84. The molecule has 2 nitrogen and oxygen atoms in total. The molecule has 3 rings (SSSR count). The molecule has 21 heavy (non-hydrogen) atoms. The molecule has 7 heteroatoms. The highest BCUT2D eigenvalue weighted by Crippen LogP contribution is 2.40. The maximum Gasteiger partial charge on any atom is 0.417 e. The third-order valence-corrected chi connectivity index (χ3v) is 3.80. The van der Waals surface area contributed by atoms with E-state index in [1.165, 1.54) is 6.07 Å². The van der Waals surface area contributed by atoms with Gasteiger partial charge in [-0.05, 0) is 24.3 Å². The second-order valence-corrected chi connectivity index (χ2v) is 5.21. The Hall–Kier alpha value is -1.72. The first-order valence-corrected chi connectivity index (χ1v) is 6.63. The van der Waals surface area contributed by atoms with Crippen LogP contribution in [0.5, 0.6) is 0 Å². The number of aromatic nitrogens is 2. The van der Waals surface area contributed by atoms with Gasteiger partial charge in [-0.1, -0.05) is 35.3 Å². The molecule has 3 aromatic rings. The van der Waals surface area contributed by atoms with E-state index in [4.69, 9.17) is 23.2 Å². The zero-order valence-electron chi connectivity index (χ0n) is 10.3. The standard InChI is InChI=1S/C14H7Cl2F3N2/c15-9-6-7(5-8(12(9)16)14(17,18)19)13-20-10-3-1-2-4-11(10)21-13/h1-6H,(H,20,21). The molecular formula is C14H7Cl2F3N2. The first-order valence-electron chi connectivity index (χ1n) is 5.87. The third-order valence-electron chi connectivity index (χ3n) is 3.00. The Morgan fingerprint density at radius 1 is 1.05 bits per heavy atom. The van der Waals surface area contributed by atoms with E-state index < -0.39 is 16.8 Å². The van der Waals surface area contributed by atoms with Gasteiger partial charge in [-0.15, -0.1) is 0 Å². The Kier molecular flexibility index (Phi) is 3.34. The van der Waals surface area contributed by atoms with Crippen molar-refractivity contribution in [2.24, 2.45) is 0 Å². The van der Waals surface area contributed by atoms with Crippen molar-refractivity contribution in [3.63, 3.8) is 0 Å². The normalized spacial score (nSPS) is 12.0. The summed E-state index contributed by atoms with van der Waals surface area (Å²) in [7, 11) is 0. The molecule has 0 spiro atoms. The number of fused-ring (bicyclic) bond motifs is 1. The predicted molar refractivity (Wildman–Crippen MR) is 76.6 cm³/mol. The summed E-state index contributed by atoms with van der Waals surface area (Å²) in [6.07, 6.45) is -4.58. The summed E-state index contributed by atoms with van der Waals surface area (Å²) in [5.41, 5.74) is 0.638. The predicted octanol–water partition coefficient (Wildman–Crippen LogP) is 5.56. The Morgan fingerprint density at radius 3 is 2.43 bits per heavy atom. The van der Waals surface area contributed by atoms with Crippen LogP contribution in [0.25, 0.3) is 22.4 Å². The molecule has 1 aromatic heterocycles. The lowest BCUT2D eigenvalue weighted by molar-refractivity contribution is -0.137. The Balaban J connectivity index is 2.20. The van der Waals surface area contributed by atoms with E-state index in [2.05, 4.69) is 9.97 Å². The minimum atomic E-state index is -4.58. The monoisotopic (exact) mass is 330 g/mol. The lowest BCUT2D eigenvalue weighted by Crippen LogP contribution is -2.06. The number of para-hydroxylation sites is 2. The highest BCUT2D eigenvalue weighted by atomic mass is 35.5. The van der Waals surface area contributed by atoms with Crippen LogP contribution in [0.1, 0.15) is 5.56 Å². The van der Waals surface area contributed by atoms with Crippen LogP contribution in [-0.4, -0.2) is 9.97 Å². The highest BCUT2D eigenvalue weighted by Gasteiger charge is 2.34. The van der Waals surface area contributed by atoms with E-state index in [0.29, 0.717) is 11.3 Å². The summed E-state index contributed by atoms with van der Waals surface area (Å²) in [4.78, 5) is 7.21. The van der Waals surface area contributed by atoms with Crippen LogP contribution in [-0.2, 0) is 6.18 Å². The SMILES string of the molecule is FC(F)(F)c1cc(-c2nc3ccccc3[nH]2)cc(Cl)c1Cl. The van der Waals surface area contributed by atoms with Crippen molar-refractivity contribution < 1.29 is 13.2 Å². The van der Waals surface area contributed by atoms with E-state index in [9.17, 15) is 13.2 Å². The molecule has 0 saturated carbocycles. The molecule has 0 bridgehead atoms. The van der Waals surface area contributed by atoms with Gasteiger partial charge in [-0.2, -0.15) is 13.2 Å². The van der Waals surface area contributed by atoms with Gasteiger partial charge >= 0.3 is 6.18 Å². The molecule has 0 unspecified atom stereocenters. The van der Waals surface area contributed by atoms with Gasteiger partial charge < -0.3 is 4.98 Å². The molecule has 1 N–H and O–H groups in total. The molecule has 0 aliphatic heterocycles. The van der Waals surface area contributed by atoms with Gasteiger partial charge in [-0.25, -0.2) is 4.98 Å². The number of hydrogen-bond donors (Lipinski definition) is 1. The van der Waals surface area contributed by atoms with Crippen molar-refractivity contribution in [3.8, 4) is 11.4 Å². The number of nitrogens with zero attached hydrogens (tertiary/aromatic N) is 1. The molecule has 0 aliphatic carbocycles. The summed E-state index contributed by atoms with van der Waals surface area (Å²) in [6, 6.07) is 9.44. The number of halogens is 5. The number of H-pyrrole nitrogens is 1. The lowest BCUT2D eigenvalue weighted by Gasteiger charge is -2.11. The van der Waals surface area contributed by atoms with Crippen LogP contribution in [0, 0.1) is 0 Å². The zero-order chi connectivity index (χ0) is 15.2. The first-order chi connectivity index (χ1) is 9.86. The van der Waals surface area contributed by atoms with Gasteiger partial charge in [0.15, 0.2) is 0 Å². The smallest absolute Gasteiger partial charge is 0.338 e. The molecular weight excluding hydrogens is 324 g/mol. The molecule has 0 atom stereocenters. The molecule has 2 aromatic carbocycles. The summed E-state index contributed by atoms with van der Waals surface area (Å²) in [5.74, 6) is 0.306. The average molecular weight is 331 g/mol. The van der Waals surface area contributed by atoms with Crippen molar-refractivity contribution >= 4 is 34.2 Å². The maximum atomic E-state index is 13.0. The molecule has 0 saturated heterocycles. The first kappa shape index (κ1) is 14.2. The minimum Gasteiger partial charge on any atom is -0.338 e. The van der Waals surface area contributed by atoms with Crippen molar-refractivity contribution in [1.29, 1.82) is 0 Å². The van der Waals surface area contributed by atoms with Crippen LogP contribution in [0.2, 0.25) is 10.0 Å². The maximum absolute atomic E-state index is 13.0. The van der Waals surface area contributed by atoms with E-state index in [1.54, 1.807) is 24.3 Å².